The molecule has 18 heavy (non-hydrogen) atoms. The van der Waals surface area contributed by atoms with Crippen molar-refractivity contribution in [3.05, 3.63) is 45.4 Å². The fraction of sp³-hybridized carbons (Fsp3) is 0.231. The fourth-order valence-corrected chi connectivity index (χ4v) is 2.55. The molecule has 92 valence electrons. The van der Waals surface area contributed by atoms with Gasteiger partial charge >= 0.3 is 0 Å². The molecular formula is C13H13IN4. The Hall–Kier alpha value is -1.37. The van der Waals surface area contributed by atoms with E-state index in [1.54, 1.807) is 0 Å². The number of benzene rings is 1. The summed E-state index contributed by atoms with van der Waals surface area (Å²) in [5, 5.41) is 10.3. The highest BCUT2D eigenvalue weighted by molar-refractivity contribution is 14.1. The molecule has 5 heteroatoms. The van der Waals surface area contributed by atoms with E-state index >= 15 is 0 Å². The third-order valence-corrected chi connectivity index (χ3v) is 4.10. The molecule has 0 spiro atoms. The minimum atomic E-state index is 0.713. The van der Waals surface area contributed by atoms with Gasteiger partial charge in [0, 0.05) is 24.2 Å². The summed E-state index contributed by atoms with van der Waals surface area (Å²) < 4.78 is 4.92. The number of halogens is 1. The molecule has 0 saturated carbocycles. The summed E-state index contributed by atoms with van der Waals surface area (Å²) in [5.41, 5.74) is 3.42. The van der Waals surface area contributed by atoms with Crippen molar-refractivity contribution in [2.24, 2.45) is 7.05 Å². The van der Waals surface area contributed by atoms with Gasteiger partial charge in [-0.25, -0.2) is 0 Å². The minimum absolute atomic E-state index is 0.713. The average Bonchev–Trinajstić information content (AvgIpc) is 2.83. The second-order valence-electron chi connectivity index (χ2n) is 4.39. The number of rotatable bonds is 2. The van der Waals surface area contributed by atoms with Crippen molar-refractivity contribution in [3.63, 3.8) is 0 Å². The average molecular weight is 352 g/mol. The number of fused-ring (bicyclic) bond motifs is 1. The van der Waals surface area contributed by atoms with Crippen LogP contribution in [0, 0.1) is 10.6 Å². The first-order valence-corrected chi connectivity index (χ1v) is 6.83. The van der Waals surface area contributed by atoms with E-state index in [0.717, 1.165) is 14.9 Å². The molecule has 0 amide bonds. The van der Waals surface area contributed by atoms with Gasteiger partial charge in [-0.15, -0.1) is 0 Å². The van der Waals surface area contributed by atoms with E-state index in [4.69, 9.17) is 0 Å². The SMILES string of the molecule is Cc1cn(Cc2nn(C)c3ccccc23)nc1I. The van der Waals surface area contributed by atoms with Crippen LogP contribution >= 0.6 is 22.6 Å². The Labute approximate surface area is 119 Å². The molecular weight excluding hydrogens is 339 g/mol. The molecule has 0 fully saturated rings. The van der Waals surface area contributed by atoms with E-state index < -0.39 is 0 Å². The van der Waals surface area contributed by atoms with Gasteiger partial charge in [-0.1, -0.05) is 18.2 Å². The standard InChI is InChI=1S/C13H13IN4/c1-9-7-18(16-13(9)14)8-11-10-5-3-4-6-12(10)17(2)15-11/h3-7H,8H2,1-2H3. The second-order valence-corrected chi connectivity index (χ2v) is 5.41. The fourth-order valence-electron chi connectivity index (χ4n) is 2.14. The minimum Gasteiger partial charge on any atom is -0.268 e. The van der Waals surface area contributed by atoms with Crippen molar-refractivity contribution in [2.45, 2.75) is 13.5 Å². The Balaban J connectivity index is 2.05. The molecule has 0 aliphatic heterocycles. The van der Waals surface area contributed by atoms with Gasteiger partial charge in [-0.3, -0.25) is 9.36 Å². The van der Waals surface area contributed by atoms with Crippen molar-refractivity contribution in [2.75, 3.05) is 0 Å². The van der Waals surface area contributed by atoms with Crippen molar-refractivity contribution < 1.29 is 0 Å². The quantitative estimate of drug-likeness (QED) is 0.665. The van der Waals surface area contributed by atoms with Crippen LogP contribution in [0.4, 0.5) is 0 Å². The van der Waals surface area contributed by atoms with Gasteiger partial charge in [0.1, 0.15) is 3.70 Å². The molecule has 2 aromatic heterocycles. The molecule has 4 nitrogen and oxygen atoms in total. The summed E-state index contributed by atoms with van der Waals surface area (Å²) in [7, 11) is 1.98. The van der Waals surface area contributed by atoms with Gasteiger partial charge in [0.05, 0.1) is 17.8 Å². The van der Waals surface area contributed by atoms with E-state index in [0.29, 0.717) is 6.54 Å². The van der Waals surface area contributed by atoms with Gasteiger partial charge in [-0.05, 0) is 35.6 Å². The summed E-state index contributed by atoms with van der Waals surface area (Å²) >= 11 is 2.25. The Morgan fingerprint density at radius 1 is 1.22 bits per heavy atom. The van der Waals surface area contributed by atoms with E-state index in [1.165, 1.54) is 10.9 Å². The first-order chi connectivity index (χ1) is 8.65. The molecule has 3 rings (SSSR count). The molecule has 0 unspecified atom stereocenters. The smallest absolute Gasteiger partial charge is 0.126 e. The molecule has 2 heterocycles. The van der Waals surface area contributed by atoms with Crippen LogP contribution in [0.5, 0.6) is 0 Å². The third-order valence-electron chi connectivity index (χ3n) is 3.03. The zero-order chi connectivity index (χ0) is 12.7. The van der Waals surface area contributed by atoms with Gasteiger partial charge in [0.25, 0.3) is 0 Å². The van der Waals surface area contributed by atoms with Crippen molar-refractivity contribution >= 4 is 33.5 Å². The number of hydrogen-bond donors (Lipinski definition) is 0. The Bertz CT molecular complexity index is 691. The van der Waals surface area contributed by atoms with Crippen LogP contribution in [0.15, 0.2) is 30.5 Å². The maximum atomic E-state index is 4.58. The highest BCUT2D eigenvalue weighted by Gasteiger charge is 2.09. The van der Waals surface area contributed by atoms with E-state index in [9.17, 15) is 0 Å². The zero-order valence-corrected chi connectivity index (χ0v) is 12.4. The highest BCUT2D eigenvalue weighted by atomic mass is 127. The number of nitrogens with zero attached hydrogens (tertiary/aromatic N) is 4. The van der Waals surface area contributed by atoms with E-state index in [2.05, 4.69) is 58.0 Å². The largest absolute Gasteiger partial charge is 0.268 e. The molecule has 1 aromatic carbocycles. The molecule has 0 atom stereocenters. The predicted octanol–water partition coefficient (Wildman–Crippen LogP) is 2.73. The molecule has 0 radical (unpaired) electrons. The van der Waals surface area contributed by atoms with Crippen LogP contribution in [0.2, 0.25) is 0 Å². The topological polar surface area (TPSA) is 35.6 Å². The summed E-state index contributed by atoms with van der Waals surface area (Å²) in [4.78, 5) is 0. The van der Waals surface area contributed by atoms with E-state index in [1.807, 2.05) is 28.5 Å². The Kier molecular flexibility index (Phi) is 2.85. The molecule has 0 saturated heterocycles. The number of para-hydroxylation sites is 1. The molecule has 0 aliphatic carbocycles. The van der Waals surface area contributed by atoms with Crippen molar-refractivity contribution in [1.82, 2.24) is 19.6 Å². The Morgan fingerprint density at radius 3 is 2.72 bits per heavy atom. The predicted molar refractivity (Wildman–Crippen MR) is 79.5 cm³/mol. The van der Waals surface area contributed by atoms with Gasteiger partial charge in [-0.2, -0.15) is 10.2 Å². The van der Waals surface area contributed by atoms with Crippen molar-refractivity contribution in [3.8, 4) is 0 Å². The molecule has 0 aliphatic rings. The van der Waals surface area contributed by atoms with E-state index in [-0.39, 0.29) is 0 Å². The van der Waals surface area contributed by atoms with Gasteiger partial charge < -0.3 is 0 Å². The maximum Gasteiger partial charge on any atom is 0.126 e. The molecule has 0 bridgehead atoms. The lowest BCUT2D eigenvalue weighted by Gasteiger charge is -1.97. The summed E-state index contributed by atoms with van der Waals surface area (Å²) in [6.45, 7) is 2.78. The summed E-state index contributed by atoms with van der Waals surface area (Å²) in [6.07, 6.45) is 2.06. The van der Waals surface area contributed by atoms with Gasteiger partial charge in [0.2, 0.25) is 0 Å². The zero-order valence-electron chi connectivity index (χ0n) is 10.3. The van der Waals surface area contributed by atoms with Crippen LogP contribution in [0.3, 0.4) is 0 Å². The summed E-state index contributed by atoms with van der Waals surface area (Å²) in [6, 6.07) is 8.28. The third kappa shape index (κ3) is 1.92. The van der Waals surface area contributed by atoms with Gasteiger partial charge in [0.15, 0.2) is 0 Å². The normalized spacial score (nSPS) is 11.3. The molecule has 0 N–H and O–H groups in total. The van der Waals surface area contributed by atoms with Crippen LogP contribution in [-0.4, -0.2) is 19.6 Å². The number of aromatic nitrogens is 4. The molecule has 3 aromatic rings. The lowest BCUT2D eigenvalue weighted by atomic mass is 10.2. The monoisotopic (exact) mass is 352 g/mol. The van der Waals surface area contributed by atoms with Crippen LogP contribution in [0.25, 0.3) is 10.9 Å². The maximum absolute atomic E-state index is 4.58. The van der Waals surface area contributed by atoms with Crippen LogP contribution in [-0.2, 0) is 13.6 Å². The van der Waals surface area contributed by atoms with Crippen LogP contribution in [0.1, 0.15) is 11.3 Å². The number of aryl methyl sites for hydroxylation is 2. The summed E-state index contributed by atoms with van der Waals surface area (Å²) in [5.74, 6) is 0. The first-order valence-electron chi connectivity index (χ1n) is 5.75. The second kappa shape index (κ2) is 4.38. The van der Waals surface area contributed by atoms with Crippen molar-refractivity contribution in [1.29, 1.82) is 0 Å². The lowest BCUT2D eigenvalue weighted by Crippen LogP contribution is -2.02. The van der Waals surface area contributed by atoms with Crippen LogP contribution < -0.4 is 0 Å². The lowest BCUT2D eigenvalue weighted by molar-refractivity contribution is 0.651. The Morgan fingerprint density at radius 2 is 2.00 bits per heavy atom. The highest BCUT2D eigenvalue weighted by Crippen LogP contribution is 2.18. The first kappa shape index (κ1) is 11.7. The number of hydrogen-bond acceptors (Lipinski definition) is 2.